The molecule has 0 radical (unpaired) electrons. The Balaban J connectivity index is 4.87. The van der Waals surface area contributed by atoms with Crippen LogP contribution >= 0.6 is 12.6 Å². The van der Waals surface area contributed by atoms with Gasteiger partial charge >= 0.3 is 8.80 Å². The van der Waals surface area contributed by atoms with Crippen molar-refractivity contribution in [3.63, 3.8) is 0 Å². The molecule has 0 aliphatic heterocycles. The maximum absolute atomic E-state index is 9.18. The molecule has 94 valence electrons. The molecule has 0 saturated carbocycles. The van der Waals surface area contributed by atoms with Gasteiger partial charge in [-0.15, -0.1) is 0 Å². The van der Waals surface area contributed by atoms with E-state index >= 15 is 0 Å². The lowest BCUT2D eigenvalue weighted by Crippen LogP contribution is -2.50. The fourth-order valence-electron chi connectivity index (χ4n) is 1.48. The van der Waals surface area contributed by atoms with Gasteiger partial charge in [-0.05, 0) is 32.9 Å². The van der Waals surface area contributed by atoms with Gasteiger partial charge in [-0.25, -0.2) is 0 Å². The van der Waals surface area contributed by atoms with Crippen LogP contribution < -0.4 is 0 Å². The molecule has 0 bridgehead atoms. The van der Waals surface area contributed by atoms with Crippen LogP contribution in [0.25, 0.3) is 0 Å². The molecule has 0 heterocycles. The molecule has 0 amide bonds. The van der Waals surface area contributed by atoms with Crippen LogP contribution in [0.3, 0.4) is 0 Å². The van der Waals surface area contributed by atoms with Crippen LogP contribution in [0.4, 0.5) is 0 Å². The van der Waals surface area contributed by atoms with Gasteiger partial charge in [-0.2, -0.15) is 17.9 Å². The lowest BCUT2D eigenvalue weighted by atomic mass is 10.4. The van der Waals surface area contributed by atoms with Crippen molar-refractivity contribution in [2.75, 3.05) is 25.6 Å². The lowest BCUT2D eigenvalue weighted by molar-refractivity contribution is 0.0656. The number of hydrogen-bond acceptors (Lipinski definition) is 5. The highest BCUT2D eigenvalue weighted by atomic mass is 32.1. The second-order valence-electron chi connectivity index (χ2n) is 3.10. The molecule has 0 saturated heterocycles. The summed E-state index contributed by atoms with van der Waals surface area (Å²) in [4.78, 5) is 0. The Morgan fingerprint density at radius 3 is 1.81 bits per heavy atom. The molecule has 0 aliphatic rings. The highest BCUT2D eigenvalue weighted by molar-refractivity contribution is 7.80. The summed E-state index contributed by atoms with van der Waals surface area (Å²) in [5, 5.41) is 9.18. The Morgan fingerprint density at radius 1 is 1.12 bits per heavy atom. The van der Waals surface area contributed by atoms with E-state index in [9.17, 15) is 5.26 Å². The normalized spacial score (nSPS) is 13.4. The first kappa shape index (κ1) is 15.9. The third-order valence-corrected chi connectivity index (χ3v) is 5.64. The standard InChI is InChI=1S/C10H21NO3SSi/c1-4-12-16(13-5-2,14-6-3)10(9-11)7-8-15/h10,15H,4-8H2,1-3H3. The first-order valence-corrected chi connectivity index (χ1v) is 8.06. The van der Waals surface area contributed by atoms with Gasteiger partial charge in [0.05, 0.1) is 6.07 Å². The SMILES string of the molecule is CCO[Si](OCC)(OCC)C(C#N)CCS. The minimum absolute atomic E-state index is 0.329. The Morgan fingerprint density at radius 2 is 1.56 bits per heavy atom. The van der Waals surface area contributed by atoms with Crippen LogP contribution in [0.5, 0.6) is 0 Å². The molecule has 1 atom stereocenters. The van der Waals surface area contributed by atoms with E-state index in [1.807, 2.05) is 20.8 Å². The van der Waals surface area contributed by atoms with E-state index in [-0.39, 0.29) is 5.54 Å². The summed E-state index contributed by atoms with van der Waals surface area (Å²) in [5.41, 5.74) is -0.329. The molecule has 0 fully saturated rings. The van der Waals surface area contributed by atoms with E-state index < -0.39 is 8.80 Å². The number of nitrogens with zero attached hydrogens (tertiary/aromatic N) is 1. The van der Waals surface area contributed by atoms with Crippen molar-refractivity contribution < 1.29 is 13.3 Å². The molecule has 0 aromatic heterocycles. The summed E-state index contributed by atoms with van der Waals surface area (Å²) >= 11 is 4.15. The van der Waals surface area contributed by atoms with Gasteiger partial charge in [0.1, 0.15) is 5.54 Å². The average Bonchev–Trinajstić information content (AvgIpc) is 2.26. The number of thiol groups is 1. The molecule has 0 aromatic rings. The van der Waals surface area contributed by atoms with E-state index in [1.54, 1.807) is 0 Å². The van der Waals surface area contributed by atoms with Crippen LogP contribution in [0.15, 0.2) is 0 Å². The van der Waals surface area contributed by atoms with E-state index in [0.29, 0.717) is 32.0 Å². The maximum Gasteiger partial charge on any atom is 0.519 e. The Hall–Kier alpha value is -0.0631. The third kappa shape index (κ3) is 4.43. The predicted molar refractivity (Wildman–Crippen MR) is 68.5 cm³/mol. The molecule has 16 heavy (non-hydrogen) atoms. The van der Waals surface area contributed by atoms with Crippen molar-refractivity contribution in [2.24, 2.45) is 0 Å². The zero-order chi connectivity index (χ0) is 12.4. The van der Waals surface area contributed by atoms with Crippen molar-refractivity contribution in [3.05, 3.63) is 0 Å². The quantitative estimate of drug-likeness (QED) is 0.512. The van der Waals surface area contributed by atoms with E-state index in [2.05, 4.69) is 18.7 Å². The van der Waals surface area contributed by atoms with Gasteiger partial charge in [0, 0.05) is 19.8 Å². The zero-order valence-corrected chi connectivity index (χ0v) is 12.1. The fourth-order valence-corrected chi connectivity index (χ4v) is 4.70. The van der Waals surface area contributed by atoms with Gasteiger partial charge in [-0.1, -0.05) is 0 Å². The maximum atomic E-state index is 9.18. The van der Waals surface area contributed by atoms with Gasteiger partial charge < -0.3 is 13.3 Å². The second-order valence-corrected chi connectivity index (χ2v) is 6.31. The predicted octanol–water partition coefficient (Wildman–Crippen LogP) is 2.25. The first-order chi connectivity index (χ1) is 7.70. The number of hydrogen-bond donors (Lipinski definition) is 1. The molecular formula is C10H21NO3SSi. The second kappa shape index (κ2) is 9.02. The summed E-state index contributed by atoms with van der Waals surface area (Å²) < 4.78 is 17.0. The molecule has 0 aliphatic carbocycles. The number of nitriles is 1. The van der Waals surface area contributed by atoms with Gasteiger partial charge in [0.2, 0.25) is 0 Å². The molecule has 0 rings (SSSR count). The lowest BCUT2D eigenvalue weighted by Gasteiger charge is -2.31. The summed E-state index contributed by atoms with van der Waals surface area (Å²) in [6, 6.07) is 2.24. The number of rotatable bonds is 9. The molecule has 0 N–H and O–H groups in total. The minimum Gasteiger partial charge on any atom is -0.373 e. The highest BCUT2D eigenvalue weighted by Crippen LogP contribution is 2.28. The Labute approximate surface area is 105 Å². The van der Waals surface area contributed by atoms with Crippen molar-refractivity contribution in [1.29, 1.82) is 5.26 Å². The van der Waals surface area contributed by atoms with Gasteiger partial charge in [-0.3, -0.25) is 0 Å². The Kier molecular flexibility index (Phi) is 8.98. The highest BCUT2D eigenvalue weighted by Gasteiger charge is 2.49. The summed E-state index contributed by atoms with van der Waals surface area (Å²) in [5.74, 6) is 0.625. The van der Waals surface area contributed by atoms with Crippen LogP contribution in [-0.4, -0.2) is 34.4 Å². The van der Waals surface area contributed by atoms with Crippen LogP contribution in [0, 0.1) is 11.3 Å². The smallest absolute Gasteiger partial charge is 0.373 e. The zero-order valence-electron chi connectivity index (χ0n) is 10.2. The fraction of sp³-hybridized carbons (Fsp3) is 0.900. The molecule has 0 spiro atoms. The third-order valence-electron chi connectivity index (χ3n) is 2.04. The van der Waals surface area contributed by atoms with E-state index in [4.69, 9.17) is 13.3 Å². The molecule has 0 aromatic carbocycles. The summed E-state index contributed by atoms with van der Waals surface area (Å²) in [6.45, 7) is 7.14. The topological polar surface area (TPSA) is 51.5 Å². The Bertz CT molecular complexity index is 206. The van der Waals surface area contributed by atoms with E-state index in [1.165, 1.54) is 0 Å². The van der Waals surface area contributed by atoms with Crippen molar-refractivity contribution in [3.8, 4) is 6.07 Å². The monoisotopic (exact) mass is 263 g/mol. The van der Waals surface area contributed by atoms with Crippen LogP contribution in [0.2, 0.25) is 5.54 Å². The summed E-state index contributed by atoms with van der Waals surface area (Å²) in [7, 11) is -2.86. The van der Waals surface area contributed by atoms with Crippen LogP contribution in [0.1, 0.15) is 27.2 Å². The largest absolute Gasteiger partial charge is 0.519 e. The molecule has 1 unspecified atom stereocenters. The van der Waals surface area contributed by atoms with E-state index in [0.717, 1.165) is 0 Å². The molecular weight excluding hydrogens is 242 g/mol. The summed E-state index contributed by atoms with van der Waals surface area (Å²) in [6.07, 6.45) is 0.631. The molecule has 4 nitrogen and oxygen atoms in total. The van der Waals surface area contributed by atoms with Gasteiger partial charge in [0.25, 0.3) is 0 Å². The minimum atomic E-state index is -2.86. The van der Waals surface area contributed by atoms with Gasteiger partial charge in [0.15, 0.2) is 0 Å². The molecule has 6 heteroatoms. The van der Waals surface area contributed by atoms with Crippen molar-refractivity contribution in [2.45, 2.75) is 32.7 Å². The van der Waals surface area contributed by atoms with Crippen molar-refractivity contribution >= 4 is 21.4 Å². The first-order valence-electron chi connectivity index (χ1n) is 5.63. The van der Waals surface area contributed by atoms with Crippen LogP contribution in [-0.2, 0) is 13.3 Å². The average molecular weight is 263 g/mol. The van der Waals surface area contributed by atoms with Crippen molar-refractivity contribution in [1.82, 2.24) is 0 Å².